The van der Waals surface area contributed by atoms with Crippen molar-refractivity contribution in [1.82, 2.24) is 9.78 Å². The van der Waals surface area contributed by atoms with E-state index in [9.17, 15) is 14.3 Å². The number of carboxylic acid groups (broad SMARTS) is 1. The molecule has 3 aromatic rings. The number of aliphatic imine (C=N–C) groups is 1. The molecule has 1 N–H and O–H groups in total. The van der Waals surface area contributed by atoms with E-state index < -0.39 is 5.97 Å². The minimum absolute atomic E-state index is 0.0783. The van der Waals surface area contributed by atoms with Crippen LogP contribution in [0.3, 0.4) is 0 Å². The summed E-state index contributed by atoms with van der Waals surface area (Å²) in [6.07, 6.45) is 0. The van der Waals surface area contributed by atoms with Crippen LogP contribution in [0.5, 0.6) is 0 Å². The molecule has 0 radical (unpaired) electrons. The molecule has 0 saturated heterocycles. The Balaban J connectivity index is 1.98. The Morgan fingerprint density at radius 2 is 1.96 bits per heavy atom. The first-order valence-electron chi connectivity index (χ1n) is 7.46. The van der Waals surface area contributed by atoms with Gasteiger partial charge in [0.25, 0.3) is 0 Å². The van der Waals surface area contributed by atoms with Crippen molar-refractivity contribution in [2.45, 2.75) is 6.54 Å². The molecule has 0 amide bonds. The Kier molecular flexibility index (Phi) is 3.62. The van der Waals surface area contributed by atoms with E-state index in [0.717, 1.165) is 0 Å². The number of aromatic nitrogens is 2. The van der Waals surface area contributed by atoms with Crippen molar-refractivity contribution in [2.75, 3.05) is 0 Å². The van der Waals surface area contributed by atoms with Crippen molar-refractivity contribution in [3.05, 3.63) is 81.9 Å². The van der Waals surface area contributed by atoms with Gasteiger partial charge in [0, 0.05) is 16.1 Å². The van der Waals surface area contributed by atoms with Crippen LogP contribution in [0.2, 0.25) is 5.02 Å². The van der Waals surface area contributed by atoms with Gasteiger partial charge in [-0.15, -0.1) is 0 Å². The highest BCUT2D eigenvalue weighted by Crippen LogP contribution is 2.28. The maximum Gasteiger partial charge on any atom is 0.356 e. The predicted molar refractivity (Wildman–Crippen MR) is 91.3 cm³/mol. The number of nitrogens with zero attached hydrogens (tertiary/aromatic N) is 3. The predicted octanol–water partition coefficient (Wildman–Crippen LogP) is 3.71. The molecule has 0 bridgehead atoms. The van der Waals surface area contributed by atoms with Gasteiger partial charge >= 0.3 is 5.97 Å². The molecule has 0 unspecified atom stereocenters. The molecule has 0 spiro atoms. The van der Waals surface area contributed by atoms with E-state index in [2.05, 4.69) is 10.1 Å². The lowest BCUT2D eigenvalue weighted by atomic mass is 10.00. The molecule has 1 aromatic heterocycles. The van der Waals surface area contributed by atoms with Gasteiger partial charge in [0.15, 0.2) is 5.69 Å². The second-order valence-corrected chi connectivity index (χ2v) is 5.98. The average Bonchev–Trinajstić information content (AvgIpc) is 2.96. The van der Waals surface area contributed by atoms with Gasteiger partial charge in [0.05, 0.1) is 23.6 Å². The third-order valence-electron chi connectivity index (χ3n) is 3.97. The van der Waals surface area contributed by atoms with Crippen molar-refractivity contribution in [2.24, 2.45) is 4.99 Å². The van der Waals surface area contributed by atoms with E-state index in [4.69, 9.17) is 11.6 Å². The summed E-state index contributed by atoms with van der Waals surface area (Å²) in [4.78, 5) is 15.7. The summed E-state index contributed by atoms with van der Waals surface area (Å²) >= 11 is 6.12. The topological polar surface area (TPSA) is 67.5 Å². The molecule has 124 valence electrons. The van der Waals surface area contributed by atoms with Crippen LogP contribution in [-0.2, 0) is 6.54 Å². The smallest absolute Gasteiger partial charge is 0.356 e. The summed E-state index contributed by atoms with van der Waals surface area (Å²) in [5.74, 6) is -1.50. The minimum Gasteiger partial charge on any atom is -0.476 e. The standard InChI is InChI=1S/C18H11ClFN3O2/c19-10-5-6-13-16(7-10)23-11(8-15(22-23)18(24)25)9-21-17(13)12-3-1-2-4-14(12)20/h1-8H,9H2,(H,24,25). The monoisotopic (exact) mass is 355 g/mol. The van der Waals surface area contributed by atoms with Crippen LogP contribution < -0.4 is 0 Å². The van der Waals surface area contributed by atoms with Crippen LogP contribution in [0.15, 0.2) is 53.5 Å². The first kappa shape index (κ1) is 15.5. The number of aromatic carboxylic acids is 1. The Morgan fingerprint density at radius 1 is 1.16 bits per heavy atom. The van der Waals surface area contributed by atoms with Crippen LogP contribution in [-0.4, -0.2) is 26.6 Å². The first-order valence-corrected chi connectivity index (χ1v) is 7.84. The maximum atomic E-state index is 14.3. The quantitative estimate of drug-likeness (QED) is 0.762. The van der Waals surface area contributed by atoms with Gasteiger partial charge in [-0.3, -0.25) is 4.99 Å². The molecular formula is C18H11ClFN3O2. The lowest BCUT2D eigenvalue weighted by molar-refractivity contribution is 0.0690. The maximum absolute atomic E-state index is 14.3. The third-order valence-corrected chi connectivity index (χ3v) is 4.21. The Morgan fingerprint density at radius 3 is 2.72 bits per heavy atom. The molecule has 25 heavy (non-hydrogen) atoms. The Hall–Kier alpha value is -2.99. The lowest BCUT2D eigenvalue weighted by Gasteiger charge is -2.12. The van der Waals surface area contributed by atoms with Gasteiger partial charge in [-0.1, -0.05) is 23.7 Å². The third kappa shape index (κ3) is 2.60. The van der Waals surface area contributed by atoms with Crippen molar-refractivity contribution in [1.29, 1.82) is 0 Å². The van der Waals surface area contributed by atoms with Gasteiger partial charge in [-0.05, 0) is 36.4 Å². The fraction of sp³-hybridized carbons (Fsp3) is 0.0556. The molecule has 1 aliphatic heterocycles. The number of benzene rings is 2. The van der Waals surface area contributed by atoms with Crippen LogP contribution in [0, 0.1) is 5.82 Å². The van der Waals surface area contributed by atoms with Crippen molar-refractivity contribution in [3.8, 4) is 5.69 Å². The van der Waals surface area contributed by atoms with Crippen molar-refractivity contribution in [3.63, 3.8) is 0 Å². The Labute approximate surface area is 147 Å². The van der Waals surface area contributed by atoms with Crippen LogP contribution in [0.25, 0.3) is 5.69 Å². The highest BCUT2D eigenvalue weighted by Gasteiger charge is 2.23. The molecule has 0 aliphatic carbocycles. The molecule has 0 fully saturated rings. The van der Waals surface area contributed by atoms with E-state index in [-0.39, 0.29) is 18.1 Å². The number of carboxylic acids is 1. The van der Waals surface area contributed by atoms with Crippen molar-refractivity contribution >= 4 is 23.3 Å². The number of hydrogen-bond donors (Lipinski definition) is 1. The molecular weight excluding hydrogens is 345 g/mol. The number of halogens is 2. The van der Waals surface area contributed by atoms with E-state index in [0.29, 0.717) is 33.2 Å². The van der Waals surface area contributed by atoms with Gasteiger partial charge in [0.1, 0.15) is 5.82 Å². The molecule has 7 heteroatoms. The first-order chi connectivity index (χ1) is 12.0. The van der Waals surface area contributed by atoms with Gasteiger partial charge in [-0.2, -0.15) is 5.10 Å². The number of fused-ring (bicyclic) bond motifs is 3. The number of carbonyl (C=O) groups is 1. The van der Waals surface area contributed by atoms with Gasteiger partial charge in [-0.25, -0.2) is 13.9 Å². The second kappa shape index (κ2) is 5.82. The minimum atomic E-state index is -1.12. The Bertz CT molecular complexity index is 1040. The zero-order chi connectivity index (χ0) is 17.6. The van der Waals surface area contributed by atoms with Crippen LogP contribution >= 0.6 is 11.6 Å². The highest BCUT2D eigenvalue weighted by molar-refractivity contribution is 6.31. The number of rotatable bonds is 2. The molecule has 5 nitrogen and oxygen atoms in total. The van der Waals surface area contributed by atoms with Crippen LogP contribution in [0.4, 0.5) is 4.39 Å². The summed E-state index contributed by atoms with van der Waals surface area (Å²) in [7, 11) is 0. The molecule has 1 aliphatic rings. The SMILES string of the molecule is O=C(O)c1cc2n(n1)-c1cc(Cl)ccc1C(c1ccccc1F)=NC2. The van der Waals surface area contributed by atoms with Crippen molar-refractivity contribution < 1.29 is 14.3 Å². The average molecular weight is 356 g/mol. The summed E-state index contributed by atoms with van der Waals surface area (Å²) in [5.41, 5.74) is 2.56. The second-order valence-electron chi connectivity index (χ2n) is 5.54. The van der Waals surface area contributed by atoms with E-state index in [1.165, 1.54) is 16.8 Å². The molecule has 4 rings (SSSR count). The molecule has 2 heterocycles. The summed E-state index contributed by atoms with van der Waals surface area (Å²) in [6, 6.07) is 12.9. The van der Waals surface area contributed by atoms with E-state index in [1.807, 2.05) is 0 Å². The normalized spacial score (nSPS) is 12.8. The molecule has 0 saturated carbocycles. The van der Waals surface area contributed by atoms with E-state index >= 15 is 0 Å². The fourth-order valence-corrected chi connectivity index (χ4v) is 3.02. The highest BCUT2D eigenvalue weighted by atomic mass is 35.5. The van der Waals surface area contributed by atoms with Crippen LogP contribution in [0.1, 0.15) is 27.3 Å². The van der Waals surface area contributed by atoms with Gasteiger partial charge < -0.3 is 5.11 Å². The fourth-order valence-electron chi connectivity index (χ4n) is 2.85. The molecule has 2 aromatic carbocycles. The largest absolute Gasteiger partial charge is 0.476 e. The number of hydrogen-bond acceptors (Lipinski definition) is 3. The zero-order valence-electron chi connectivity index (χ0n) is 12.8. The lowest BCUT2D eigenvalue weighted by Crippen LogP contribution is -2.10. The summed E-state index contributed by atoms with van der Waals surface area (Å²) in [6.45, 7) is 0.177. The zero-order valence-corrected chi connectivity index (χ0v) is 13.5. The summed E-state index contributed by atoms with van der Waals surface area (Å²) in [5, 5.41) is 13.8. The van der Waals surface area contributed by atoms with E-state index in [1.54, 1.807) is 36.4 Å². The summed E-state index contributed by atoms with van der Waals surface area (Å²) < 4.78 is 15.8. The molecule has 0 atom stereocenters. The van der Waals surface area contributed by atoms with Gasteiger partial charge in [0.2, 0.25) is 0 Å².